The number of nitrogens with zero attached hydrogens (tertiary/aromatic N) is 2. The molecule has 5 nitrogen and oxygen atoms in total. The van der Waals surface area contributed by atoms with E-state index >= 15 is 0 Å². The first-order valence-electron chi connectivity index (χ1n) is 8.00. The lowest BCUT2D eigenvalue weighted by Gasteiger charge is -2.32. The lowest BCUT2D eigenvalue weighted by atomic mass is 10.0. The molecule has 1 fully saturated rings. The number of hydrogen-bond acceptors (Lipinski definition) is 4. The van der Waals surface area contributed by atoms with E-state index in [1.165, 1.54) is 23.6 Å². The molecule has 1 saturated heterocycles. The number of amides is 3. The Bertz CT molecular complexity index is 899. The Hall–Kier alpha value is -2.60. The summed E-state index contributed by atoms with van der Waals surface area (Å²) >= 11 is 1.29. The van der Waals surface area contributed by atoms with E-state index in [1.807, 2.05) is 42.5 Å². The van der Waals surface area contributed by atoms with Gasteiger partial charge in [-0.3, -0.25) is 19.3 Å². The zero-order chi connectivity index (χ0) is 17.8. The highest BCUT2D eigenvalue weighted by Crippen LogP contribution is 2.57. The molecule has 6 heteroatoms. The van der Waals surface area contributed by atoms with Crippen LogP contribution in [0.5, 0.6) is 0 Å². The molecule has 0 aromatic heterocycles. The number of fused-ring (bicyclic) bond motifs is 2. The maximum atomic E-state index is 13.4. The van der Waals surface area contributed by atoms with Crippen molar-refractivity contribution >= 4 is 40.9 Å². The highest BCUT2D eigenvalue weighted by Gasteiger charge is 2.63. The molecular weight excluding hydrogens is 336 g/mol. The molecule has 0 bridgehead atoms. The van der Waals surface area contributed by atoms with Crippen LogP contribution in [0.3, 0.4) is 0 Å². The molecule has 0 unspecified atom stereocenters. The molecule has 4 rings (SSSR count). The average molecular weight is 352 g/mol. The van der Waals surface area contributed by atoms with E-state index in [-0.39, 0.29) is 23.0 Å². The smallest absolute Gasteiger partial charge is 0.275 e. The molecule has 0 radical (unpaired) electrons. The van der Waals surface area contributed by atoms with Crippen LogP contribution in [0.25, 0.3) is 0 Å². The number of imide groups is 1. The van der Waals surface area contributed by atoms with Crippen molar-refractivity contribution in [2.45, 2.75) is 24.0 Å². The van der Waals surface area contributed by atoms with Crippen molar-refractivity contribution in [2.24, 2.45) is 0 Å². The summed E-state index contributed by atoms with van der Waals surface area (Å²) in [5, 5.41) is -0.385. The Balaban J connectivity index is 2.00. The van der Waals surface area contributed by atoms with Crippen molar-refractivity contribution in [2.75, 3.05) is 9.80 Å². The summed E-state index contributed by atoms with van der Waals surface area (Å²) in [5.41, 5.74) is 1.88. The van der Waals surface area contributed by atoms with Crippen LogP contribution < -0.4 is 9.80 Å². The van der Waals surface area contributed by atoms with Crippen molar-refractivity contribution in [1.82, 2.24) is 0 Å². The van der Waals surface area contributed by atoms with E-state index in [9.17, 15) is 14.4 Å². The van der Waals surface area contributed by atoms with Crippen molar-refractivity contribution in [1.29, 1.82) is 0 Å². The van der Waals surface area contributed by atoms with Crippen molar-refractivity contribution in [3.05, 3.63) is 60.2 Å². The second-order valence-electron chi connectivity index (χ2n) is 6.09. The average Bonchev–Trinajstić information content (AvgIpc) is 3.01. The molecule has 0 N–H and O–H groups in total. The number of para-hydroxylation sites is 2. The summed E-state index contributed by atoms with van der Waals surface area (Å²) in [6, 6.07) is 16.3. The van der Waals surface area contributed by atoms with Crippen LogP contribution in [-0.2, 0) is 19.3 Å². The normalized spacial score (nSPS) is 25.0. The lowest BCUT2D eigenvalue weighted by molar-refractivity contribution is -0.128. The highest BCUT2D eigenvalue weighted by atomic mass is 32.2. The molecule has 126 valence electrons. The van der Waals surface area contributed by atoms with E-state index in [1.54, 1.807) is 24.0 Å². The third-order valence-corrected chi connectivity index (χ3v) is 6.04. The van der Waals surface area contributed by atoms with Gasteiger partial charge < -0.3 is 0 Å². The van der Waals surface area contributed by atoms with E-state index in [2.05, 4.69) is 0 Å². The zero-order valence-electron chi connectivity index (χ0n) is 13.8. The van der Waals surface area contributed by atoms with Crippen LogP contribution in [0.15, 0.2) is 54.6 Å². The first kappa shape index (κ1) is 15.9. The Labute approximate surface area is 149 Å². The van der Waals surface area contributed by atoms with Crippen molar-refractivity contribution in [3.8, 4) is 0 Å². The molecule has 2 aliphatic heterocycles. The highest BCUT2D eigenvalue weighted by molar-refractivity contribution is 8.03. The summed E-state index contributed by atoms with van der Waals surface area (Å²) in [6.45, 7) is 3.16. The van der Waals surface area contributed by atoms with Crippen molar-refractivity contribution < 1.29 is 14.4 Å². The van der Waals surface area contributed by atoms with Gasteiger partial charge in [0.2, 0.25) is 16.7 Å². The maximum absolute atomic E-state index is 13.4. The number of hydrogen-bond donors (Lipinski definition) is 0. The molecule has 3 amide bonds. The molecule has 2 aromatic carbocycles. The molecule has 2 aliphatic rings. The number of thioether (sulfide) groups is 1. The fourth-order valence-electron chi connectivity index (χ4n) is 3.56. The summed E-state index contributed by atoms with van der Waals surface area (Å²) in [4.78, 5) is 40.0. The van der Waals surface area contributed by atoms with Gasteiger partial charge >= 0.3 is 0 Å². The van der Waals surface area contributed by atoms with Crippen LogP contribution in [0, 0.1) is 0 Å². The van der Waals surface area contributed by atoms with E-state index < -0.39 is 4.87 Å². The summed E-state index contributed by atoms with van der Waals surface area (Å²) in [6.07, 6.45) is 0. The minimum atomic E-state index is -1.24. The van der Waals surface area contributed by atoms with Gasteiger partial charge in [0.15, 0.2) is 0 Å². The van der Waals surface area contributed by atoms with Crippen LogP contribution in [0.1, 0.15) is 19.4 Å². The monoisotopic (exact) mass is 352 g/mol. The minimum Gasteiger partial charge on any atom is -0.283 e. The topological polar surface area (TPSA) is 57.7 Å². The maximum Gasteiger partial charge on any atom is 0.275 e. The Morgan fingerprint density at radius 2 is 1.68 bits per heavy atom. The molecular formula is C19H16N2O3S. The summed E-state index contributed by atoms with van der Waals surface area (Å²) in [7, 11) is 0. The van der Waals surface area contributed by atoms with E-state index in [0.29, 0.717) is 16.9 Å². The van der Waals surface area contributed by atoms with Crippen LogP contribution >= 0.6 is 11.8 Å². The van der Waals surface area contributed by atoms with Gasteiger partial charge in [-0.05, 0) is 25.1 Å². The molecule has 1 spiro atoms. The molecule has 0 aliphatic carbocycles. The number of anilines is 2. The summed E-state index contributed by atoms with van der Waals surface area (Å²) in [5.74, 6) is -0.868. The van der Waals surface area contributed by atoms with E-state index in [4.69, 9.17) is 0 Å². The summed E-state index contributed by atoms with van der Waals surface area (Å²) < 4.78 is 0. The van der Waals surface area contributed by atoms with Gasteiger partial charge in [0.05, 0.1) is 10.9 Å². The first-order chi connectivity index (χ1) is 12.0. The fourth-order valence-corrected chi connectivity index (χ4v) is 5.07. The SMILES string of the molecule is CC(=O)N1C(=O)[C@]2(S[C@@H](C)C(=O)N2c2ccccc2)c2ccccc21. The van der Waals surface area contributed by atoms with Crippen LogP contribution in [-0.4, -0.2) is 23.0 Å². The molecule has 0 saturated carbocycles. The van der Waals surface area contributed by atoms with Gasteiger partial charge in [-0.1, -0.05) is 36.4 Å². The largest absolute Gasteiger partial charge is 0.283 e. The van der Waals surface area contributed by atoms with Gasteiger partial charge in [0.25, 0.3) is 5.91 Å². The van der Waals surface area contributed by atoms with Gasteiger partial charge in [-0.15, -0.1) is 11.8 Å². The third kappa shape index (κ3) is 2.00. The number of rotatable bonds is 1. The second-order valence-corrected chi connectivity index (χ2v) is 7.62. The van der Waals surface area contributed by atoms with Gasteiger partial charge in [0.1, 0.15) is 0 Å². The Morgan fingerprint density at radius 1 is 1.04 bits per heavy atom. The zero-order valence-corrected chi connectivity index (χ0v) is 14.6. The predicted octanol–water partition coefficient (Wildman–Crippen LogP) is 2.90. The third-order valence-electron chi connectivity index (χ3n) is 4.56. The number of benzene rings is 2. The molecule has 2 heterocycles. The Kier molecular flexibility index (Phi) is 3.47. The Morgan fingerprint density at radius 3 is 2.36 bits per heavy atom. The predicted molar refractivity (Wildman–Crippen MR) is 97.3 cm³/mol. The van der Waals surface area contributed by atoms with Gasteiger partial charge in [-0.25, -0.2) is 4.90 Å². The minimum absolute atomic E-state index is 0.134. The standard InChI is InChI=1S/C19H16N2O3S/c1-12-17(23)21(14-8-4-3-5-9-14)19(25-12)15-10-6-7-11-16(15)20(13(2)22)18(19)24/h3-12H,1-2H3/t12-,19+/m0/s1. The number of carbonyl (C=O) groups excluding carboxylic acids is 3. The lowest BCUT2D eigenvalue weighted by Crippen LogP contribution is -2.50. The molecule has 25 heavy (non-hydrogen) atoms. The fraction of sp³-hybridized carbons (Fsp3) is 0.211. The molecule has 2 atom stereocenters. The molecule has 2 aromatic rings. The van der Waals surface area contributed by atoms with Gasteiger partial charge in [0, 0.05) is 18.2 Å². The van der Waals surface area contributed by atoms with Crippen LogP contribution in [0.4, 0.5) is 11.4 Å². The quantitative estimate of drug-likeness (QED) is 0.792. The van der Waals surface area contributed by atoms with Gasteiger partial charge in [-0.2, -0.15) is 0 Å². The second kappa shape index (κ2) is 5.46. The first-order valence-corrected chi connectivity index (χ1v) is 8.88. The number of carbonyl (C=O) groups is 3. The van der Waals surface area contributed by atoms with E-state index in [0.717, 1.165) is 0 Å². The van der Waals surface area contributed by atoms with Crippen LogP contribution in [0.2, 0.25) is 0 Å². The van der Waals surface area contributed by atoms with Crippen molar-refractivity contribution in [3.63, 3.8) is 0 Å².